The molecule has 0 atom stereocenters. The first-order chi connectivity index (χ1) is 28.6. The lowest BCUT2D eigenvalue weighted by Crippen LogP contribution is -2.29. The molecule has 1 aromatic heterocycles. The molecule has 0 saturated carbocycles. The zero-order chi connectivity index (χ0) is 39.1. The maximum absolute atomic E-state index is 9.48. The van der Waals surface area contributed by atoms with Crippen LogP contribution in [0.25, 0.3) is 38.6 Å². The van der Waals surface area contributed by atoms with Crippen molar-refractivity contribution in [1.29, 1.82) is 5.26 Å². The van der Waals surface area contributed by atoms with E-state index in [2.05, 4.69) is 156 Å². The molecule has 9 aromatic rings. The van der Waals surface area contributed by atoms with Gasteiger partial charge < -0.3 is 10.3 Å². The van der Waals surface area contributed by atoms with Crippen LogP contribution >= 0.6 is 0 Å². The summed E-state index contributed by atoms with van der Waals surface area (Å²) < 4.78 is 2.46. The molecule has 8 aromatic carbocycles. The van der Waals surface area contributed by atoms with Crippen molar-refractivity contribution in [3.63, 3.8) is 0 Å². The Balaban J connectivity index is 1.19. The molecular formula is C53H37N5. The highest BCUT2D eigenvalue weighted by atomic mass is 15.0. The molecule has 0 aliphatic heterocycles. The summed E-state index contributed by atoms with van der Waals surface area (Å²) in [5.74, 6) is 0.822. The molecule has 0 radical (unpaired) electrons. The van der Waals surface area contributed by atoms with E-state index < -0.39 is 5.41 Å². The van der Waals surface area contributed by atoms with Gasteiger partial charge in [0.2, 0.25) is 0 Å². The molecule has 1 aliphatic rings. The van der Waals surface area contributed by atoms with Crippen LogP contribution in [0.5, 0.6) is 0 Å². The fraction of sp³-hybridized carbons (Fsp3) is 0.0377. The fourth-order valence-corrected chi connectivity index (χ4v) is 8.92. The summed E-state index contributed by atoms with van der Waals surface area (Å²) >= 11 is 0. The van der Waals surface area contributed by atoms with E-state index in [0.717, 1.165) is 22.3 Å². The molecule has 0 unspecified atom stereocenters. The van der Waals surface area contributed by atoms with Gasteiger partial charge in [-0.25, -0.2) is 4.99 Å². The quantitative estimate of drug-likeness (QED) is 0.130. The summed E-state index contributed by atoms with van der Waals surface area (Å²) in [4.78, 5) is 9.91. The number of nitrogens with zero attached hydrogens (tertiary/aromatic N) is 4. The average Bonchev–Trinajstić information content (AvgIpc) is 3.80. The number of nitrogens with two attached hydrogens (primary N) is 1. The van der Waals surface area contributed by atoms with Crippen molar-refractivity contribution >= 4 is 33.5 Å². The topological polar surface area (TPSA) is 79.5 Å². The highest BCUT2D eigenvalue weighted by Gasteiger charge is 2.48. The fourth-order valence-electron chi connectivity index (χ4n) is 8.92. The van der Waals surface area contributed by atoms with Crippen LogP contribution in [0.2, 0.25) is 0 Å². The van der Waals surface area contributed by atoms with Crippen LogP contribution in [0.1, 0.15) is 44.5 Å². The molecule has 0 saturated heterocycles. The summed E-state index contributed by atoms with van der Waals surface area (Å²) in [7, 11) is 0. The number of hydrogen-bond acceptors (Lipinski definition) is 2. The second-order valence-corrected chi connectivity index (χ2v) is 14.6. The van der Waals surface area contributed by atoms with E-state index in [4.69, 9.17) is 15.7 Å². The van der Waals surface area contributed by atoms with Gasteiger partial charge in [-0.2, -0.15) is 5.26 Å². The summed E-state index contributed by atoms with van der Waals surface area (Å²) in [6, 6.07) is 72.2. The van der Waals surface area contributed by atoms with Gasteiger partial charge in [0.05, 0.1) is 34.6 Å². The summed E-state index contributed by atoms with van der Waals surface area (Å²) in [6.45, 7) is 0.381. The van der Waals surface area contributed by atoms with Crippen LogP contribution in [0.3, 0.4) is 0 Å². The van der Waals surface area contributed by atoms with Crippen LogP contribution in [0, 0.1) is 11.3 Å². The monoisotopic (exact) mass is 743 g/mol. The normalized spacial score (nSPS) is 13.3. The van der Waals surface area contributed by atoms with Crippen LogP contribution in [0.15, 0.2) is 210 Å². The van der Waals surface area contributed by atoms with Crippen molar-refractivity contribution in [3.8, 4) is 22.9 Å². The van der Waals surface area contributed by atoms with Crippen molar-refractivity contribution in [3.05, 3.63) is 245 Å². The zero-order valence-electron chi connectivity index (χ0n) is 31.6. The molecule has 2 N–H and O–H groups in total. The number of amidine groups is 2. The van der Waals surface area contributed by atoms with Gasteiger partial charge in [-0.1, -0.05) is 170 Å². The molecule has 10 rings (SSSR count). The van der Waals surface area contributed by atoms with Gasteiger partial charge in [0.25, 0.3) is 0 Å². The van der Waals surface area contributed by atoms with Crippen molar-refractivity contribution < 1.29 is 0 Å². The second kappa shape index (κ2) is 14.4. The SMILES string of the molecule is N#Cc1cccc(C(N)=NC(=NCc2cccc(-n3c4ccccc4c4ccc5c(c43)C(c3ccccc3)(c3ccccc3)c3ccccc3-5)c2)c2ccccc2)c1. The molecule has 274 valence electrons. The minimum atomic E-state index is -0.572. The Morgan fingerprint density at radius 3 is 2.00 bits per heavy atom. The van der Waals surface area contributed by atoms with Crippen LogP contribution < -0.4 is 5.73 Å². The summed E-state index contributed by atoms with van der Waals surface area (Å²) in [6.07, 6.45) is 0. The van der Waals surface area contributed by atoms with Gasteiger partial charge in [-0.3, -0.25) is 4.99 Å². The second-order valence-electron chi connectivity index (χ2n) is 14.6. The van der Waals surface area contributed by atoms with Crippen molar-refractivity contribution in [2.75, 3.05) is 0 Å². The van der Waals surface area contributed by atoms with E-state index in [9.17, 15) is 5.26 Å². The molecular weight excluding hydrogens is 707 g/mol. The third-order valence-corrected chi connectivity index (χ3v) is 11.4. The van der Waals surface area contributed by atoms with E-state index in [1.165, 1.54) is 49.7 Å². The molecule has 5 heteroatoms. The Morgan fingerprint density at radius 1 is 0.586 bits per heavy atom. The number of hydrogen-bond donors (Lipinski definition) is 1. The van der Waals surface area contributed by atoms with Crippen molar-refractivity contribution in [1.82, 2.24) is 4.57 Å². The predicted octanol–water partition coefficient (Wildman–Crippen LogP) is 11.4. The lowest BCUT2D eigenvalue weighted by molar-refractivity contribution is 0.771. The number of aliphatic imine (C=N–C) groups is 2. The molecule has 0 spiro atoms. The molecule has 58 heavy (non-hydrogen) atoms. The highest BCUT2D eigenvalue weighted by molar-refractivity contribution is 6.14. The molecule has 0 bridgehead atoms. The molecule has 0 amide bonds. The number of rotatable bonds is 7. The lowest BCUT2D eigenvalue weighted by atomic mass is 9.67. The van der Waals surface area contributed by atoms with Crippen LogP contribution in [0.4, 0.5) is 0 Å². The predicted molar refractivity (Wildman–Crippen MR) is 237 cm³/mol. The van der Waals surface area contributed by atoms with Gasteiger partial charge in [-0.15, -0.1) is 0 Å². The lowest BCUT2D eigenvalue weighted by Gasteiger charge is -2.34. The maximum atomic E-state index is 9.48. The Kier molecular flexibility index (Phi) is 8.58. The van der Waals surface area contributed by atoms with Gasteiger partial charge >= 0.3 is 0 Å². The van der Waals surface area contributed by atoms with E-state index in [-0.39, 0.29) is 0 Å². The van der Waals surface area contributed by atoms with Crippen LogP contribution in [-0.2, 0) is 12.0 Å². The minimum absolute atomic E-state index is 0.300. The largest absolute Gasteiger partial charge is 0.383 e. The van der Waals surface area contributed by atoms with Crippen molar-refractivity contribution in [2.24, 2.45) is 15.7 Å². The van der Waals surface area contributed by atoms with E-state index in [1.54, 1.807) is 12.1 Å². The third kappa shape index (κ3) is 5.62. The van der Waals surface area contributed by atoms with Gasteiger partial charge in [-0.05, 0) is 63.7 Å². The van der Waals surface area contributed by atoms with Gasteiger partial charge in [0.1, 0.15) is 5.84 Å². The first kappa shape index (κ1) is 34.7. The first-order valence-corrected chi connectivity index (χ1v) is 19.5. The Labute approximate surface area is 337 Å². The molecule has 0 fully saturated rings. The van der Waals surface area contributed by atoms with E-state index in [0.29, 0.717) is 29.3 Å². The van der Waals surface area contributed by atoms with Gasteiger partial charge in [0.15, 0.2) is 5.84 Å². The summed E-state index contributed by atoms with van der Waals surface area (Å²) in [5, 5.41) is 11.9. The number of fused-ring (bicyclic) bond motifs is 7. The van der Waals surface area contributed by atoms with E-state index >= 15 is 0 Å². The smallest absolute Gasteiger partial charge is 0.157 e. The molecule has 1 heterocycles. The zero-order valence-corrected chi connectivity index (χ0v) is 31.6. The Morgan fingerprint density at radius 2 is 1.24 bits per heavy atom. The number of nitriles is 1. The molecule has 1 aliphatic carbocycles. The van der Waals surface area contributed by atoms with Crippen molar-refractivity contribution in [2.45, 2.75) is 12.0 Å². The first-order valence-electron chi connectivity index (χ1n) is 19.5. The maximum Gasteiger partial charge on any atom is 0.157 e. The average molecular weight is 744 g/mol. The minimum Gasteiger partial charge on any atom is -0.383 e. The number of aromatic nitrogens is 1. The summed E-state index contributed by atoms with van der Waals surface area (Å²) in [5.41, 5.74) is 20.0. The molecule has 5 nitrogen and oxygen atoms in total. The van der Waals surface area contributed by atoms with E-state index in [1.807, 2.05) is 42.5 Å². The highest BCUT2D eigenvalue weighted by Crippen LogP contribution is 2.59. The number of para-hydroxylation sites is 1. The Hall–Kier alpha value is -7.81. The standard InChI is InChI=1S/C53H37N5/c54-34-36-16-14-20-39(32-36)51(55)57-52(38-18-4-1-5-19-38)56-35-37-17-15-25-42(33-37)58-48-29-13-11-27-44(48)46-31-30-45-43-26-10-12-28-47(43)53(49(45)50(46)58,40-21-6-2-7-22-40)41-23-8-3-9-24-41/h1-33H,35H2,(H2,55,56,57). The van der Waals surface area contributed by atoms with Crippen LogP contribution in [-0.4, -0.2) is 16.2 Å². The Bertz CT molecular complexity index is 3060. The van der Waals surface area contributed by atoms with Gasteiger partial charge in [0, 0.05) is 33.2 Å². The third-order valence-electron chi connectivity index (χ3n) is 11.4. The number of benzene rings is 8.